The second-order valence-corrected chi connectivity index (χ2v) is 9.23. The Hall–Kier alpha value is -4.28. The molecule has 1 atom stereocenters. The van der Waals surface area contributed by atoms with Gasteiger partial charge in [0.1, 0.15) is 18.5 Å². The molecule has 0 fully saturated rings. The zero-order valence-corrected chi connectivity index (χ0v) is 20.0. The summed E-state index contributed by atoms with van der Waals surface area (Å²) in [6.45, 7) is 0.573. The number of rotatable bonds is 4. The summed E-state index contributed by atoms with van der Waals surface area (Å²) in [6, 6.07) is 19.4. The molecular formula is C27H24BN3O6. The standard InChI is InChI=1S/C27H24BN3O6/c1-30-23-5-3-2-4-20(23)26(32)31-13-12-19-21-14-18(10-11-22(21)29-24(19)25(30)31)37-27(33)36-15-16-6-8-17(9-7-16)28(34)35/h2-11,14,25,29,34-35H,12-13,15H2,1H3. The number of amides is 1. The molecule has 186 valence electrons. The van der Waals surface area contributed by atoms with Gasteiger partial charge in [0.05, 0.1) is 16.9 Å². The molecule has 4 aromatic rings. The van der Waals surface area contributed by atoms with Crippen molar-refractivity contribution >= 4 is 41.2 Å². The lowest BCUT2D eigenvalue weighted by Crippen LogP contribution is -2.51. The first-order chi connectivity index (χ1) is 17.9. The van der Waals surface area contributed by atoms with E-state index in [0.717, 1.165) is 27.8 Å². The van der Waals surface area contributed by atoms with E-state index >= 15 is 0 Å². The van der Waals surface area contributed by atoms with Crippen LogP contribution in [0, 0.1) is 0 Å². The van der Waals surface area contributed by atoms with Crippen LogP contribution in [-0.2, 0) is 17.8 Å². The van der Waals surface area contributed by atoms with Gasteiger partial charge >= 0.3 is 13.3 Å². The lowest BCUT2D eigenvalue weighted by Gasteiger charge is -2.46. The van der Waals surface area contributed by atoms with Crippen molar-refractivity contribution in [3.8, 4) is 5.75 Å². The van der Waals surface area contributed by atoms with E-state index in [1.54, 1.807) is 30.3 Å². The van der Waals surface area contributed by atoms with Crippen LogP contribution < -0.4 is 15.1 Å². The average Bonchev–Trinajstić information content (AvgIpc) is 3.28. The summed E-state index contributed by atoms with van der Waals surface area (Å²) in [6.07, 6.45) is -0.401. The molecule has 0 saturated heterocycles. The molecule has 3 heterocycles. The van der Waals surface area contributed by atoms with Crippen LogP contribution in [0.2, 0.25) is 0 Å². The minimum Gasteiger partial charge on any atom is -0.429 e. The molecule has 0 aliphatic carbocycles. The first-order valence-corrected chi connectivity index (χ1v) is 12.0. The topological polar surface area (TPSA) is 115 Å². The zero-order chi connectivity index (χ0) is 25.7. The summed E-state index contributed by atoms with van der Waals surface area (Å²) < 4.78 is 10.7. The number of nitrogens with zero attached hydrogens (tertiary/aromatic N) is 2. The van der Waals surface area contributed by atoms with E-state index in [4.69, 9.17) is 9.47 Å². The highest BCUT2D eigenvalue weighted by molar-refractivity contribution is 6.58. The average molecular weight is 497 g/mol. The highest BCUT2D eigenvalue weighted by Gasteiger charge is 2.41. The Labute approximate surface area is 213 Å². The fourth-order valence-corrected chi connectivity index (χ4v) is 5.23. The van der Waals surface area contributed by atoms with E-state index in [9.17, 15) is 19.6 Å². The lowest BCUT2D eigenvalue weighted by molar-refractivity contribution is 0.0634. The number of aromatic nitrogens is 1. The number of para-hydroxylation sites is 1. The molecule has 9 nitrogen and oxygen atoms in total. The van der Waals surface area contributed by atoms with Crippen LogP contribution in [-0.4, -0.2) is 52.7 Å². The Morgan fingerprint density at radius 3 is 2.68 bits per heavy atom. The smallest absolute Gasteiger partial charge is 0.429 e. The number of hydrogen-bond donors (Lipinski definition) is 3. The number of carbonyl (C=O) groups excluding carboxylic acids is 2. The summed E-state index contributed by atoms with van der Waals surface area (Å²) in [4.78, 5) is 33.0. The van der Waals surface area contributed by atoms with Gasteiger partial charge in [-0.05, 0) is 53.3 Å². The van der Waals surface area contributed by atoms with E-state index < -0.39 is 13.3 Å². The molecule has 1 unspecified atom stereocenters. The molecule has 0 saturated carbocycles. The van der Waals surface area contributed by atoms with Crippen molar-refractivity contribution in [3.05, 3.63) is 89.1 Å². The Bertz CT molecular complexity index is 1520. The molecule has 1 amide bonds. The Morgan fingerprint density at radius 1 is 1.11 bits per heavy atom. The minimum absolute atomic E-state index is 0.0121. The van der Waals surface area contributed by atoms with Crippen molar-refractivity contribution in [2.45, 2.75) is 19.2 Å². The van der Waals surface area contributed by atoms with Crippen LogP contribution >= 0.6 is 0 Å². The van der Waals surface area contributed by atoms with Gasteiger partial charge in [-0.25, -0.2) is 4.79 Å². The molecule has 2 aliphatic rings. The molecule has 6 rings (SSSR count). The van der Waals surface area contributed by atoms with Crippen molar-refractivity contribution in [1.82, 2.24) is 9.88 Å². The summed E-state index contributed by atoms with van der Waals surface area (Å²) in [5.74, 6) is 0.385. The third-order valence-electron chi connectivity index (χ3n) is 7.04. The summed E-state index contributed by atoms with van der Waals surface area (Å²) >= 11 is 0. The molecule has 10 heteroatoms. The van der Waals surface area contributed by atoms with Gasteiger partial charge in [0.25, 0.3) is 5.91 Å². The molecule has 0 spiro atoms. The molecule has 3 N–H and O–H groups in total. The fourth-order valence-electron chi connectivity index (χ4n) is 5.23. The van der Waals surface area contributed by atoms with Crippen molar-refractivity contribution in [2.75, 3.05) is 18.5 Å². The quantitative estimate of drug-likeness (QED) is 0.226. The number of hydrogen-bond acceptors (Lipinski definition) is 7. The van der Waals surface area contributed by atoms with Crippen LogP contribution in [0.25, 0.3) is 10.9 Å². The normalized spacial score (nSPS) is 16.2. The number of aromatic amines is 1. The van der Waals surface area contributed by atoms with Gasteiger partial charge in [-0.3, -0.25) is 4.79 Å². The largest absolute Gasteiger partial charge is 0.514 e. The van der Waals surface area contributed by atoms with E-state index in [0.29, 0.717) is 35.3 Å². The summed E-state index contributed by atoms with van der Waals surface area (Å²) in [7, 11) is 0.444. The molecule has 2 aliphatic heterocycles. The number of carbonyl (C=O) groups is 2. The van der Waals surface area contributed by atoms with Crippen molar-refractivity contribution in [1.29, 1.82) is 0 Å². The molecule has 1 aromatic heterocycles. The van der Waals surface area contributed by atoms with Crippen LogP contribution in [0.4, 0.5) is 10.5 Å². The maximum absolute atomic E-state index is 13.2. The molecule has 3 aromatic carbocycles. The van der Waals surface area contributed by atoms with Crippen LogP contribution in [0.5, 0.6) is 5.75 Å². The van der Waals surface area contributed by atoms with E-state index in [1.807, 2.05) is 48.3 Å². The zero-order valence-electron chi connectivity index (χ0n) is 20.0. The first-order valence-electron chi connectivity index (χ1n) is 12.0. The van der Waals surface area contributed by atoms with Gasteiger partial charge in [0, 0.05) is 24.5 Å². The third kappa shape index (κ3) is 4.00. The summed E-state index contributed by atoms with van der Waals surface area (Å²) in [5, 5.41) is 19.3. The second-order valence-electron chi connectivity index (χ2n) is 9.23. The van der Waals surface area contributed by atoms with Crippen molar-refractivity contribution in [2.24, 2.45) is 0 Å². The van der Waals surface area contributed by atoms with Gasteiger partial charge in [-0.15, -0.1) is 0 Å². The highest BCUT2D eigenvalue weighted by atomic mass is 16.7. The second kappa shape index (κ2) is 8.99. The highest BCUT2D eigenvalue weighted by Crippen LogP contribution is 2.43. The Balaban J connectivity index is 1.21. The van der Waals surface area contributed by atoms with Gasteiger partial charge in [-0.2, -0.15) is 0 Å². The number of anilines is 1. The van der Waals surface area contributed by atoms with Crippen LogP contribution in [0.1, 0.15) is 33.3 Å². The Kier molecular flexibility index (Phi) is 5.62. The third-order valence-corrected chi connectivity index (χ3v) is 7.04. The number of fused-ring (bicyclic) bond motifs is 6. The molecule has 37 heavy (non-hydrogen) atoms. The van der Waals surface area contributed by atoms with Gasteiger partial charge in [0.15, 0.2) is 0 Å². The predicted octanol–water partition coefficient (Wildman–Crippen LogP) is 2.71. The summed E-state index contributed by atoms with van der Waals surface area (Å²) in [5.41, 5.74) is 5.60. The van der Waals surface area contributed by atoms with Gasteiger partial charge in [-0.1, -0.05) is 36.4 Å². The van der Waals surface area contributed by atoms with Crippen molar-refractivity contribution < 1.29 is 29.1 Å². The number of ether oxygens (including phenoxy) is 2. The fraction of sp³-hybridized carbons (Fsp3) is 0.185. The molecule has 0 radical (unpaired) electrons. The van der Waals surface area contributed by atoms with E-state index in [2.05, 4.69) is 9.88 Å². The van der Waals surface area contributed by atoms with E-state index in [1.165, 1.54) is 0 Å². The van der Waals surface area contributed by atoms with Gasteiger partial charge in [0.2, 0.25) is 0 Å². The number of H-pyrrole nitrogens is 1. The van der Waals surface area contributed by atoms with E-state index in [-0.39, 0.29) is 18.7 Å². The maximum atomic E-state index is 13.2. The monoisotopic (exact) mass is 497 g/mol. The lowest BCUT2D eigenvalue weighted by atomic mass is 9.80. The molecule has 0 bridgehead atoms. The maximum Gasteiger partial charge on any atom is 0.514 e. The SMILES string of the molecule is CN1c2ccccc2C(=O)N2CCc3c([nH]c4ccc(OC(=O)OCc5ccc(B(O)O)cc5)cc34)C21. The first kappa shape index (κ1) is 23.1. The molecular weight excluding hydrogens is 473 g/mol. The number of benzene rings is 3. The minimum atomic E-state index is -1.55. The van der Waals surface area contributed by atoms with Crippen LogP contribution in [0.15, 0.2) is 66.7 Å². The Morgan fingerprint density at radius 2 is 1.89 bits per heavy atom. The van der Waals surface area contributed by atoms with Crippen molar-refractivity contribution in [3.63, 3.8) is 0 Å². The number of nitrogens with one attached hydrogen (secondary N) is 1. The van der Waals surface area contributed by atoms with Crippen LogP contribution in [0.3, 0.4) is 0 Å². The van der Waals surface area contributed by atoms with Gasteiger partial charge < -0.3 is 34.3 Å². The predicted molar refractivity (Wildman–Crippen MR) is 138 cm³/mol.